The third kappa shape index (κ3) is 5.92. The first-order valence-corrected chi connectivity index (χ1v) is 11.5. The normalized spacial score (nSPS) is 15.4. The fraction of sp³-hybridized carbons (Fsp3) is 0.417. The number of nitrogens with zero attached hydrogens (tertiary/aromatic N) is 2. The second-order valence-electron chi connectivity index (χ2n) is 7.89. The number of carbonyl (C=O) groups is 2. The van der Waals surface area contributed by atoms with Gasteiger partial charge in [0.2, 0.25) is 5.91 Å². The zero-order valence-electron chi connectivity index (χ0n) is 18.0. The summed E-state index contributed by atoms with van der Waals surface area (Å²) in [5.41, 5.74) is 2.94. The van der Waals surface area contributed by atoms with Crippen molar-refractivity contribution in [2.75, 3.05) is 25.0 Å². The van der Waals surface area contributed by atoms with Crippen LogP contribution in [0.1, 0.15) is 50.3 Å². The maximum Gasteiger partial charge on any atom is 0.322 e. The van der Waals surface area contributed by atoms with Crippen molar-refractivity contribution < 1.29 is 9.59 Å². The van der Waals surface area contributed by atoms with E-state index in [-0.39, 0.29) is 24.5 Å². The average molecular weight is 462 g/mol. The van der Waals surface area contributed by atoms with Crippen LogP contribution in [0.5, 0.6) is 0 Å². The molecule has 1 aliphatic heterocycles. The van der Waals surface area contributed by atoms with E-state index in [0.717, 1.165) is 25.7 Å². The van der Waals surface area contributed by atoms with Gasteiger partial charge in [0.1, 0.15) is 6.54 Å². The van der Waals surface area contributed by atoms with Crippen molar-refractivity contribution in [3.63, 3.8) is 0 Å². The first-order valence-electron chi connectivity index (χ1n) is 10.8. The Labute approximate surface area is 194 Å². The lowest BCUT2D eigenvalue weighted by Gasteiger charge is -2.36. The molecule has 166 valence electrons. The van der Waals surface area contributed by atoms with Crippen molar-refractivity contribution in [3.8, 4) is 0 Å². The van der Waals surface area contributed by atoms with Crippen molar-refractivity contribution in [1.29, 1.82) is 0 Å². The van der Waals surface area contributed by atoms with Crippen LogP contribution in [0.25, 0.3) is 0 Å². The van der Waals surface area contributed by atoms with E-state index in [2.05, 4.69) is 24.4 Å². The lowest BCUT2D eigenvalue weighted by molar-refractivity contribution is -0.134. The van der Waals surface area contributed by atoms with Crippen molar-refractivity contribution in [1.82, 2.24) is 9.80 Å². The number of halogens is 2. The summed E-state index contributed by atoms with van der Waals surface area (Å²) in [6.45, 7) is 5.36. The van der Waals surface area contributed by atoms with Gasteiger partial charge in [-0.2, -0.15) is 0 Å². The molecule has 7 heteroatoms. The first-order chi connectivity index (χ1) is 14.9. The zero-order chi connectivity index (χ0) is 22.4. The summed E-state index contributed by atoms with van der Waals surface area (Å²) in [5.74, 6) is -0.0455. The Kier molecular flexibility index (Phi) is 8.22. The molecule has 0 bridgehead atoms. The van der Waals surface area contributed by atoms with E-state index in [9.17, 15) is 9.59 Å². The highest BCUT2D eigenvalue weighted by Gasteiger charge is 2.29. The molecule has 1 heterocycles. The summed E-state index contributed by atoms with van der Waals surface area (Å²) in [4.78, 5) is 29.6. The topological polar surface area (TPSA) is 52.7 Å². The number of rotatable bonds is 7. The molecule has 0 aliphatic carbocycles. The highest BCUT2D eigenvalue weighted by atomic mass is 35.5. The maximum absolute atomic E-state index is 13.2. The second kappa shape index (κ2) is 10.9. The largest absolute Gasteiger partial charge is 0.334 e. The smallest absolute Gasteiger partial charge is 0.322 e. The molecule has 1 N–H and O–H groups in total. The average Bonchev–Trinajstić information content (AvgIpc) is 2.75. The van der Waals surface area contributed by atoms with Gasteiger partial charge in [-0.25, -0.2) is 4.79 Å². The lowest BCUT2D eigenvalue weighted by Crippen LogP contribution is -2.47. The van der Waals surface area contributed by atoms with Gasteiger partial charge in [0.05, 0.1) is 16.8 Å². The van der Waals surface area contributed by atoms with Crippen LogP contribution in [0.4, 0.5) is 10.5 Å². The molecule has 0 radical (unpaired) electrons. The monoisotopic (exact) mass is 461 g/mol. The summed E-state index contributed by atoms with van der Waals surface area (Å²) in [6, 6.07) is 12.8. The number of fused-ring (bicyclic) bond motifs is 1. The lowest BCUT2D eigenvalue weighted by atomic mass is 9.93. The van der Waals surface area contributed by atoms with Crippen LogP contribution in [0.2, 0.25) is 10.0 Å². The standard InChI is InChI=1S/C24H29Cl2N3O2/c1-3-4-7-13-28(24(31)27-22-11-10-19(25)15-21(22)26)16-23(30)29-14-12-18-8-5-6-9-20(18)17(29)2/h5-6,8-11,15,17H,3-4,7,12-14,16H2,1-2H3,(H,27,31). The number of unbranched alkanes of at least 4 members (excludes halogenated alkanes) is 2. The number of hydrogen-bond acceptors (Lipinski definition) is 2. The van der Waals surface area contributed by atoms with Crippen LogP contribution >= 0.6 is 23.2 Å². The summed E-state index contributed by atoms with van der Waals surface area (Å²) in [7, 11) is 0. The number of urea groups is 1. The van der Waals surface area contributed by atoms with Gasteiger partial charge in [-0.05, 0) is 49.1 Å². The van der Waals surface area contributed by atoms with Crippen molar-refractivity contribution in [2.45, 2.75) is 45.6 Å². The Morgan fingerprint density at radius 2 is 1.94 bits per heavy atom. The summed E-state index contributed by atoms with van der Waals surface area (Å²) in [5, 5.41) is 3.69. The van der Waals surface area contributed by atoms with Gasteiger partial charge in [-0.1, -0.05) is 67.2 Å². The van der Waals surface area contributed by atoms with Crippen LogP contribution < -0.4 is 5.32 Å². The third-order valence-electron chi connectivity index (χ3n) is 5.73. The first kappa shape index (κ1) is 23.4. The van der Waals surface area contributed by atoms with Gasteiger partial charge >= 0.3 is 6.03 Å². The molecule has 3 rings (SSSR count). The van der Waals surface area contributed by atoms with E-state index in [4.69, 9.17) is 23.2 Å². The number of amides is 3. The fourth-order valence-corrected chi connectivity index (χ4v) is 4.41. The Morgan fingerprint density at radius 3 is 2.68 bits per heavy atom. The van der Waals surface area contributed by atoms with Crippen molar-refractivity contribution in [2.24, 2.45) is 0 Å². The molecule has 1 atom stereocenters. The highest BCUT2D eigenvalue weighted by Crippen LogP contribution is 2.29. The fourth-order valence-electron chi connectivity index (χ4n) is 3.96. The molecule has 31 heavy (non-hydrogen) atoms. The molecule has 3 amide bonds. The van der Waals surface area contributed by atoms with E-state index < -0.39 is 0 Å². The van der Waals surface area contributed by atoms with Crippen LogP contribution in [0.3, 0.4) is 0 Å². The predicted octanol–water partition coefficient (Wildman–Crippen LogP) is 6.16. The molecule has 1 unspecified atom stereocenters. The predicted molar refractivity (Wildman–Crippen MR) is 127 cm³/mol. The molecule has 2 aromatic rings. The van der Waals surface area contributed by atoms with Crippen LogP contribution in [-0.4, -0.2) is 41.4 Å². The van der Waals surface area contributed by atoms with Crippen LogP contribution in [0.15, 0.2) is 42.5 Å². The SMILES string of the molecule is CCCCCN(CC(=O)N1CCc2ccccc2C1C)C(=O)Nc1ccc(Cl)cc1Cl. The summed E-state index contributed by atoms with van der Waals surface area (Å²) < 4.78 is 0. The van der Waals surface area contributed by atoms with E-state index in [1.165, 1.54) is 11.1 Å². The van der Waals surface area contributed by atoms with E-state index >= 15 is 0 Å². The molecule has 2 aromatic carbocycles. The number of carbonyl (C=O) groups excluding carboxylic acids is 2. The highest BCUT2D eigenvalue weighted by molar-refractivity contribution is 6.36. The maximum atomic E-state index is 13.2. The van der Waals surface area contributed by atoms with Crippen molar-refractivity contribution in [3.05, 3.63) is 63.6 Å². The zero-order valence-corrected chi connectivity index (χ0v) is 19.5. The van der Waals surface area contributed by atoms with E-state index in [0.29, 0.717) is 28.8 Å². The Balaban J connectivity index is 1.71. The molecule has 0 aromatic heterocycles. The molecular formula is C24H29Cl2N3O2. The number of anilines is 1. The van der Waals surface area contributed by atoms with Gasteiger partial charge in [0.25, 0.3) is 0 Å². The van der Waals surface area contributed by atoms with E-state index in [1.807, 2.05) is 24.0 Å². The molecule has 1 aliphatic rings. The van der Waals surface area contributed by atoms with Crippen LogP contribution in [-0.2, 0) is 11.2 Å². The van der Waals surface area contributed by atoms with Gasteiger partial charge in [0, 0.05) is 18.1 Å². The minimum Gasteiger partial charge on any atom is -0.334 e. The van der Waals surface area contributed by atoms with Gasteiger partial charge < -0.3 is 15.1 Å². The minimum absolute atomic E-state index is 0.0105. The molecule has 0 fully saturated rings. The Bertz CT molecular complexity index is 935. The Hall–Kier alpha value is -2.24. The number of hydrogen-bond donors (Lipinski definition) is 1. The third-order valence-corrected chi connectivity index (χ3v) is 6.28. The quantitative estimate of drug-likeness (QED) is 0.501. The number of nitrogens with one attached hydrogen (secondary N) is 1. The van der Waals surface area contributed by atoms with Gasteiger partial charge in [0.15, 0.2) is 0 Å². The molecule has 0 spiro atoms. The van der Waals surface area contributed by atoms with Crippen molar-refractivity contribution >= 4 is 40.8 Å². The summed E-state index contributed by atoms with van der Waals surface area (Å²) in [6.07, 6.45) is 3.69. The van der Waals surface area contributed by atoms with Crippen LogP contribution in [0, 0.1) is 0 Å². The van der Waals surface area contributed by atoms with Gasteiger partial charge in [-0.3, -0.25) is 4.79 Å². The molecular weight excluding hydrogens is 433 g/mol. The Morgan fingerprint density at radius 1 is 1.16 bits per heavy atom. The minimum atomic E-state index is -0.335. The van der Waals surface area contributed by atoms with E-state index in [1.54, 1.807) is 23.1 Å². The summed E-state index contributed by atoms with van der Waals surface area (Å²) >= 11 is 12.2. The second-order valence-corrected chi connectivity index (χ2v) is 8.74. The molecule has 0 saturated heterocycles. The number of benzene rings is 2. The van der Waals surface area contributed by atoms with Gasteiger partial charge in [-0.15, -0.1) is 0 Å². The molecule has 5 nitrogen and oxygen atoms in total. The molecule has 0 saturated carbocycles.